The lowest BCUT2D eigenvalue weighted by atomic mass is 10.0. The van der Waals surface area contributed by atoms with Gasteiger partial charge in [0.2, 0.25) is 0 Å². The second-order valence-electron chi connectivity index (χ2n) is 7.01. The molecule has 6 nitrogen and oxygen atoms in total. The second-order valence-corrected chi connectivity index (χ2v) is 7.45. The standard InChI is InChI=1S/C21H22ClFN4O2/c1-13(26(2)3)10-19-24-25-20(12-28)27(19)18-9-8-14(22)11-16(18)21(29)15-6-4-5-7-17(15)23/h4-9,11,13,28H,10,12H2,1-3H3. The molecule has 0 bridgehead atoms. The molecule has 0 radical (unpaired) electrons. The van der Waals surface area contributed by atoms with Crippen LogP contribution >= 0.6 is 11.6 Å². The number of hydrogen-bond donors (Lipinski definition) is 1. The lowest BCUT2D eigenvalue weighted by Gasteiger charge is -2.20. The van der Waals surface area contributed by atoms with Gasteiger partial charge in [0.25, 0.3) is 0 Å². The molecule has 0 aliphatic heterocycles. The van der Waals surface area contributed by atoms with Gasteiger partial charge in [-0.15, -0.1) is 10.2 Å². The summed E-state index contributed by atoms with van der Waals surface area (Å²) in [6.45, 7) is 1.67. The van der Waals surface area contributed by atoms with Crippen LogP contribution in [0.3, 0.4) is 0 Å². The van der Waals surface area contributed by atoms with Crippen LogP contribution in [0.4, 0.5) is 4.39 Å². The van der Waals surface area contributed by atoms with Crippen LogP contribution in [0.25, 0.3) is 5.69 Å². The van der Waals surface area contributed by atoms with Gasteiger partial charge in [-0.3, -0.25) is 9.36 Å². The molecule has 2 aromatic carbocycles. The molecular weight excluding hydrogens is 395 g/mol. The van der Waals surface area contributed by atoms with Gasteiger partial charge >= 0.3 is 0 Å². The van der Waals surface area contributed by atoms with Gasteiger partial charge in [-0.05, 0) is 51.4 Å². The first kappa shape index (κ1) is 21.1. The molecule has 1 aromatic heterocycles. The van der Waals surface area contributed by atoms with E-state index in [1.807, 2.05) is 25.9 Å². The van der Waals surface area contributed by atoms with Crippen LogP contribution < -0.4 is 0 Å². The van der Waals surface area contributed by atoms with Crippen molar-refractivity contribution in [3.63, 3.8) is 0 Å². The van der Waals surface area contributed by atoms with Gasteiger partial charge in [-0.25, -0.2) is 4.39 Å². The van der Waals surface area contributed by atoms with Gasteiger partial charge in [-0.2, -0.15) is 0 Å². The van der Waals surface area contributed by atoms with Crippen molar-refractivity contribution in [2.24, 2.45) is 0 Å². The lowest BCUT2D eigenvalue weighted by Crippen LogP contribution is -2.28. The van der Waals surface area contributed by atoms with E-state index in [-0.39, 0.29) is 29.6 Å². The topological polar surface area (TPSA) is 71.2 Å². The van der Waals surface area contributed by atoms with Crippen molar-refractivity contribution >= 4 is 17.4 Å². The van der Waals surface area contributed by atoms with E-state index in [2.05, 4.69) is 10.2 Å². The SMILES string of the molecule is CC(Cc1nnc(CO)n1-c1ccc(Cl)cc1C(=O)c1ccccc1F)N(C)C. The molecule has 1 N–H and O–H groups in total. The van der Waals surface area contributed by atoms with E-state index in [0.717, 1.165) is 0 Å². The number of benzene rings is 2. The smallest absolute Gasteiger partial charge is 0.198 e. The molecule has 1 unspecified atom stereocenters. The molecule has 1 heterocycles. The Kier molecular flexibility index (Phi) is 6.42. The quantitative estimate of drug-likeness (QED) is 0.598. The number of aromatic nitrogens is 3. The monoisotopic (exact) mass is 416 g/mol. The van der Waals surface area contributed by atoms with Crippen LogP contribution in [0.2, 0.25) is 5.02 Å². The molecule has 0 aliphatic carbocycles. The van der Waals surface area contributed by atoms with E-state index < -0.39 is 11.6 Å². The summed E-state index contributed by atoms with van der Waals surface area (Å²) in [5, 5.41) is 18.4. The van der Waals surface area contributed by atoms with E-state index in [4.69, 9.17) is 11.6 Å². The Morgan fingerprint density at radius 1 is 1.17 bits per heavy atom. The van der Waals surface area contributed by atoms with Crippen molar-refractivity contribution in [1.82, 2.24) is 19.7 Å². The van der Waals surface area contributed by atoms with Gasteiger partial charge in [0.05, 0.1) is 11.3 Å². The fourth-order valence-electron chi connectivity index (χ4n) is 2.99. The van der Waals surface area contributed by atoms with Crippen molar-refractivity contribution in [2.75, 3.05) is 14.1 Å². The second kappa shape index (κ2) is 8.82. The third kappa shape index (κ3) is 4.37. The van der Waals surface area contributed by atoms with Crippen LogP contribution in [0.1, 0.15) is 34.5 Å². The van der Waals surface area contributed by atoms with E-state index in [0.29, 0.717) is 23.0 Å². The molecule has 0 spiro atoms. The molecule has 0 saturated carbocycles. The maximum Gasteiger partial charge on any atom is 0.198 e. The van der Waals surface area contributed by atoms with Gasteiger partial charge in [-0.1, -0.05) is 23.7 Å². The fourth-order valence-corrected chi connectivity index (χ4v) is 3.16. The van der Waals surface area contributed by atoms with Crippen LogP contribution in [-0.2, 0) is 13.0 Å². The summed E-state index contributed by atoms with van der Waals surface area (Å²) in [4.78, 5) is 15.2. The molecule has 3 aromatic rings. The molecular formula is C21H22ClFN4O2. The molecule has 3 rings (SSSR count). The van der Waals surface area contributed by atoms with Crippen LogP contribution in [0.5, 0.6) is 0 Å². The maximum absolute atomic E-state index is 14.3. The normalized spacial score (nSPS) is 12.4. The van der Waals surface area contributed by atoms with Crippen molar-refractivity contribution in [3.8, 4) is 5.69 Å². The average Bonchev–Trinajstić information content (AvgIpc) is 3.10. The fraction of sp³-hybridized carbons (Fsp3) is 0.286. The summed E-state index contributed by atoms with van der Waals surface area (Å²) < 4.78 is 15.9. The summed E-state index contributed by atoms with van der Waals surface area (Å²) >= 11 is 6.15. The number of aliphatic hydroxyl groups is 1. The number of carbonyl (C=O) groups excluding carboxylic acids is 1. The summed E-state index contributed by atoms with van der Waals surface area (Å²) in [5.74, 6) is -0.253. The van der Waals surface area contributed by atoms with Crippen molar-refractivity contribution in [1.29, 1.82) is 0 Å². The number of hydrogen-bond acceptors (Lipinski definition) is 5. The number of ketones is 1. The number of aliphatic hydroxyl groups excluding tert-OH is 1. The zero-order valence-corrected chi connectivity index (χ0v) is 17.2. The van der Waals surface area contributed by atoms with Crippen molar-refractivity contribution in [2.45, 2.75) is 26.0 Å². The molecule has 0 aliphatic rings. The van der Waals surface area contributed by atoms with Crippen molar-refractivity contribution < 1.29 is 14.3 Å². The third-order valence-corrected chi connectivity index (χ3v) is 5.10. The highest BCUT2D eigenvalue weighted by Gasteiger charge is 2.23. The third-order valence-electron chi connectivity index (χ3n) is 4.86. The Labute approximate surface area is 173 Å². The number of carbonyl (C=O) groups is 1. The van der Waals surface area contributed by atoms with Gasteiger partial charge in [0.15, 0.2) is 11.6 Å². The zero-order valence-electron chi connectivity index (χ0n) is 16.4. The van der Waals surface area contributed by atoms with E-state index in [9.17, 15) is 14.3 Å². The minimum atomic E-state index is -0.615. The van der Waals surface area contributed by atoms with Crippen LogP contribution in [0, 0.1) is 5.82 Å². The largest absolute Gasteiger partial charge is 0.388 e. The summed E-state index contributed by atoms with van der Waals surface area (Å²) in [5.41, 5.74) is 0.589. The number of nitrogens with zero attached hydrogens (tertiary/aromatic N) is 4. The molecule has 152 valence electrons. The minimum Gasteiger partial charge on any atom is -0.388 e. The molecule has 8 heteroatoms. The van der Waals surface area contributed by atoms with Crippen LogP contribution in [-0.4, -0.2) is 50.7 Å². The summed E-state index contributed by atoms with van der Waals surface area (Å²) in [7, 11) is 3.90. The van der Waals surface area contributed by atoms with E-state index >= 15 is 0 Å². The Morgan fingerprint density at radius 2 is 1.86 bits per heavy atom. The highest BCUT2D eigenvalue weighted by atomic mass is 35.5. The van der Waals surface area contributed by atoms with Crippen molar-refractivity contribution in [3.05, 3.63) is 76.1 Å². The molecule has 0 saturated heterocycles. The lowest BCUT2D eigenvalue weighted by molar-refractivity contribution is 0.103. The Morgan fingerprint density at radius 3 is 2.52 bits per heavy atom. The Balaban J connectivity index is 2.17. The predicted octanol–water partition coefficient (Wildman–Crippen LogP) is 3.28. The van der Waals surface area contributed by atoms with Crippen LogP contribution in [0.15, 0.2) is 42.5 Å². The van der Waals surface area contributed by atoms with Gasteiger partial charge in [0, 0.05) is 23.0 Å². The van der Waals surface area contributed by atoms with E-state index in [1.54, 1.807) is 22.8 Å². The summed E-state index contributed by atoms with van der Waals surface area (Å²) in [6.07, 6.45) is 0.538. The molecule has 1 atom stereocenters. The molecule has 29 heavy (non-hydrogen) atoms. The summed E-state index contributed by atoms with van der Waals surface area (Å²) in [6, 6.07) is 10.7. The van der Waals surface area contributed by atoms with E-state index in [1.165, 1.54) is 24.3 Å². The Bertz CT molecular complexity index is 1040. The van der Waals surface area contributed by atoms with Gasteiger partial charge < -0.3 is 10.0 Å². The first-order valence-electron chi connectivity index (χ1n) is 9.13. The first-order chi connectivity index (χ1) is 13.8. The molecule has 0 amide bonds. The van der Waals surface area contributed by atoms with Gasteiger partial charge in [0.1, 0.15) is 18.2 Å². The number of rotatable bonds is 7. The molecule has 0 fully saturated rings. The minimum absolute atomic E-state index is 0.0575. The zero-order chi connectivity index (χ0) is 21.1. The Hall–Kier alpha value is -2.61. The first-order valence-corrected chi connectivity index (χ1v) is 9.51. The number of halogens is 2. The maximum atomic E-state index is 14.3. The highest BCUT2D eigenvalue weighted by Crippen LogP contribution is 2.26. The number of likely N-dealkylation sites (N-methyl/N-ethyl adjacent to an activating group) is 1. The average molecular weight is 417 g/mol. The highest BCUT2D eigenvalue weighted by molar-refractivity contribution is 6.31. The predicted molar refractivity (Wildman–Crippen MR) is 109 cm³/mol.